The maximum Gasteiger partial charge on any atom is 0.335 e. The lowest BCUT2D eigenvalue weighted by atomic mass is 10.1. The molecule has 0 fully saturated rings. The molecule has 0 saturated carbocycles. The van der Waals surface area contributed by atoms with Crippen LogP contribution >= 0.6 is 0 Å². The lowest BCUT2D eigenvalue weighted by molar-refractivity contribution is 0.0697. The Morgan fingerprint density at radius 3 is 2.32 bits per heavy atom. The number of fused-ring (bicyclic) bond motifs is 1. The molecule has 4 rings (SSSR count). The van der Waals surface area contributed by atoms with Crippen LogP contribution in [0.1, 0.15) is 45.4 Å². The SMILES string of the molecule is CCc1nc2cc(C)cc(C)c2n1Cc1ccc(OCc2ccc(C(=O)O)cc2)cc1. The van der Waals surface area contributed by atoms with Crippen LogP contribution in [-0.2, 0) is 19.6 Å². The molecule has 0 bridgehead atoms. The zero-order valence-electron chi connectivity index (χ0n) is 18.1. The number of aryl methyl sites for hydroxylation is 3. The van der Waals surface area contributed by atoms with Gasteiger partial charge in [0, 0.05) is 13.0 Å². The van der Waals surface area contributed by atoms with E-state index in [-0.39, 0.29) is 5.56 Å². The minimum atomic E-state index is -0.926. The lowest BCUT2D eigenvalue weighted by Crippen LogP contribution is -2.05. The number of ether oxygens (including phenoxy) is 1. The minimum absolute atomic E-state index is 0.275. The Balaban J connectivity index is 1.48. The first kappa shape index (κ1) is 20.7. The molecule has 1 N–H and O–H groups in total. The fourth-order valence-corrected chi connectivity index (χ4v) is 3.93. The number of nitrogens with zero attached hydrogens (tertiary/aromatic N) is 2. The quantitative estimate of drug-likeness (QED) is 0.431. The van der Waals surface area contributed by atoms with Gasteiger partial charge in [-0.2, -0.15) is 0 Å². The Labute approximate surface area is 181 Å². The zero-order chi connectivity index (χ0) is 22.0. The van der Waals surface area contributed by atoms with Crippen molar-refractivity contribution >= 4 is 17.0 Å². The number of carbonyl (C=O) groups is 1. The van der Waals surface area contributed by atoms with Gasteiger partial charge in [-0.1, -0.05) is 37.3 Å². The first-order chi connectivity index (χ1) is 14.9. The molecule has 1 heterocycles. The molecule has 5 nitrogen and oxygen atoms in total. The Bertz CT molecular complexity index is 1220. The summed E-state index contributed by atoms with van der Waals surface area (Å²) in [5, 5.41) is 8.98. The minimum Gasteiger partial charge on any atom is -0.489 e. The Kier molecular flexibility index (Phi) is 5.76. The molecule has 1 aromatic heterocycles. The van der Waals surface area contributed by atoms with Crippen molar-refractivity contribution in [1.29, 1.82) is 0 Å². The second-order valence-electron chi connectivity index (χ2n) is 7.85. The number of carboxylic acid groups (broad SMARTS) is 1. The Morgan fingerprint density at radius 1 is 1.00 bits per heavy atom. The largest absolute Gasteiger partial charge is 0.489 e. The van der Waals surface area contributed by atoms with Crippen molar-refractivity contribution in [3.8, 4) is 5.75 Å². The summed E-state index contributed by atoms with van der Waals surface area (Å²) < 4.78 is 8.17. The second kappa shape index (κ2) is 8.64. The highest BCUT2D eigenvalue weighted by molar-refractivity contribution is 5.87. The van der Waals surface area contributed by atoms with Gasteiger partial charge in [-0.15, -0.1) is 0 Å². The predicted octanol–water partition coefficient (Wildman–Crippen LogP) is 5.54. The van der Waals surface area contributed by atoms with Crippen molar-refractivity contribution in [2.75, 3.05) is 0 Å². The van der Waals surface area contributed by atoms with E-state index in [0.29, 0.717) is 6.61 Å². The van der Waals surface area contributed by atoms with Crippen LogP contribution in [0.3, 0.4) is 0 Å². The summed E-state index contributed by atoms with van der Waals surface area (Å²) in [6.07, 6.45) is 0.884. The average molecular weight is 415 g/mol. The van der Waals surface area contributed by atoms with Gasteiger partial charge in [-0.25, -0.2) is 9.78 Å². The molecule has 4 aromatic rings. The highest BCUT2D eigenvalue weighted by atomic mass is 16.5. The second-order valence-corrected chi connectivity index (χ2v) is 7.85. The van der Waals surface area contributed by atoms with E-state index >= 15 is 0 Å². The lowest BCUT2D eigenvalue weighted by Gasteiger charge is -2.12. The van der Waals surface area contributed by atoms with E-state index in [1.165, 1.54) is 22.2 Å². The summed E-state index contributed by atoms with van der Waals surface area (Å²) in [5.41, 5.74) is 7.13. The van der Waals surface area contributed by atoms with Gasteiger partial charge in [0.25, 0.3) is 0 Å². The Morgan fingerprint density at radius 2 is 1.68 bits per heavy atom. The van der Waals surface area contributed by atoms with Crippen LogP contribution < -0.4 is 4.74 Å². The number of aromatic carboxylic acids is 1. The van der Waals surface area contributed by atoms with Crippen molar-refractivity contribution in [3.63, 3.8) is 0 Å². The van der Waals surface area contributed by atoms with E-state index in [9.17, 15) is 4.79 Å². The molecule has 5 heteroatoms. The molecular formula is C26H26N2O3. The van der Waals surface area contributed by atoms with Crippen LogP contribution in [0, 0.1) is 13.8 Å². The highest BCUT2D eigenvalue weighted by Gasteiger charge is 2.13. The predicted molar refractivity (Wildman–Crippen MR) is 122 cm³/mol. The number of hydrogen-bond acceptors (Lipinski definition) is 3. The van der Waals surface area contributed by atoms with Gasteiger partial charge in [0.15, 0.2) is 0 Å². The topological polar surface area (TPSA) is 64.4 Å². The molecule has 0 aliphatic heterocycles. The van der Waals surface area contributed by atoms with Crippen molar-refractivity contribution in [3.05, 3.63) is 94.3 Å². The molecule has 0 radical (unpaired) electrons. The summed E-state index contributed by atoms with van der Waals surface area (Å²) in [6, 6.07) is 19.2. The van der Waals surface area contributed by atoms with Crippen LogP contribution in [0.25, 0.3) is 11.0 Å². The van der Waals surface area contributed by atoms with E-state index in [0.717, 1.165) is 35.6 Å². The van der Waals surface area contributed by atoms with Crippen LogP contribution in [0.4, 0.5) is 0 Å². The molecule has 0 saturated heterocycles. The molecule has 0 unspecified atom stereocenters. The fourth-order valence-electron chi connectivity index (χ4n) is 3.93. The van der Waals surface area contributed by atoms with Gasteiger partial charge < -0.3 is 14.4 Å². The number of carboxylic acids is 1. The highest BCUT2D eigenvalue weighted by Crippen LogP contribution is 2.24. The van der Waals surface area contributed by atoms with Crippen LogP contribution in [0.15, 0.2) is 60.7 Å². The van der Waals surface area contributed by atoms with Crippen LogP contribution in [0.2, 0.25) is 0 Å². The molecule has 0 aliphatic carbocycles. The van der Waals surface area contributed by atoms with Crippen molar-refractivity contribution in [2.45, 2.75) is 40.3 Å². The fraction of sp³-hybridized carbons (Fsp3) is 0.231. The molecule has 31 heavy (non-hydrogen) atoms. The third-order valence-corrected chi connectivity index (χ3v) is 5.44. The number of rotatable bonds is 7. The van der Waals surface area contributed by atoms with Crippen molar-refractivity contribution in [2.24, 2.45) is 0 Å². The molecule has 158 valence electrons. The Hall–Kier alpha value is -3.60. The van der Waals surface area contributed by atoms with E-state index in [1.54, 1.807) is 24.3 Å². The third kappa shape index (κ3) is 4.45. The van der Waals surface area contributed by atoms with Gasteiger partial charge in [0.1, 0.15) is 18.2 Å². The van der Waals surface area contributed by atoms with Gasteiger partial charge >= 0.3 is 5.97 Å². The van der Waals surface area contributed by atoms with Gasteiger partial charge in [0.2, 0.25) is 0 Å². The van der Waals surface area contributed by atoms with E-state index in [4.69, 9.17) is 14.8 Å². The third-order valence-electron chi connectivity index (χ3n) is 5.44. The maximum atomic E-state index is 10.9. The standard InChI is InChI=1S/C26H26N2O3/c1-4-24-27-23-14-17(2)13-18(3)25(23)28(24)15-19-7-11-22(12-8-19)31-16-20-5-9-21(10-6-20)26(29)30/h5-14H,4,15-16H2,1-3H3,(H,29,30). The summed E-state index contributed by atoms with van der Waals surface area (Å²) in [7, 11) is 0. The number of aromatic nitrogens is 2. The molecule has 3 aromatic carbocycles. The molecule has 0 amide bonds. The summed E-state index contributed by atoms with van der Waals surface area (Å²) in [6.45, 7) is 7.55. The summed E-state index contributed by atoms with van der Waals surface area (Å²) in [5.74, 6) is 0.947. The van der Waals surface area contributed by atoms with E-state index in [1.807, 2.05) is 12.1 Å². The number of imidazole rings is 1. The normalized spacial score (nSPS) is 11.1. The van der Waals surface area contributed by atoms with Crippen molar-refractivity contribution in [1.82, 2.24) is 9.55 Å². The maximum absolute atomic E-state index is 10.9. The molecule has 0 spiro atoms. The number of benzene rings is 3. The van der Waals surface area contributed by atoms with Gasteiger partial charge in [-0.3, -0.25) is 0 Å². The van der Waals surface area contributed by atoms with E-state index in [2.05, 4.69) is 49.6 Å². The van der Waals surface area contributed by atoms with Crippen molar-refractivity contribution < 1.29 is 14.6 Å². The monoisotopic (exact) mass is 414 g/mol. The number of hydrogen-bond donors (Lipinski definition) is 1. The molecule has 0 aliphatic rings. The zero-order valence-corrected chi connectivity index (χ0v) is 18.1. The van der Waals surface area contributed by atoms with E-state index < -0.39 is 5.97 Å². The molecular weight excluding hydrogens is 388 g/mol. The van der Waals surface area contributed by atoms with Gasteiger partial charge in [-0.05, 0) is 66.4 Å². The van der Waals surface area contributed by atoms with Gasteiger partial charge in [0.05, 0.1) is 16.6 Å². The summed E-state index contributed by atoms with van der Waals surface area (Å²) in [4.78, 5) is 15.8. The van der Waals surface area contributed by atoms with Crippen LogP contribution in [-0.4, -0.2) is 20.6 Å². The summed E-state index contributed by atoms with van der Waals surface area (Å²) >= 11 is 0. The first-order valence-electron chi connectivity index (χ1n) is 10.4. The molecule has 0 atom stereocenters. The smallest absolute Gasteiger partial charge is 0.335 e. The average Bonchev–Trinajstić information content (AvgIpc) is 3.11. The first-order valence-corrected chi connectivity index (χ1v) is 10.4. The van der Waals surface area contributed by atoms with Crippen LogP contribution in [0.5, 0.6) is 5.75 Å².